The molecule has 0 bridgehead atoms. The molecule has 1 aliphatic heterocycles. The summed E-state index contributed by atoms with van der Waals surface area (Å²) >= 11 is 1.31. The van der Waals surface area contributed by atoms with E-state index >= 15 is 0 Å². The van der Waals surface area contributed by atoms with E-state index in [2.05, 4.69) is 10.3 Å². The molecule has 1 aromatic heterocycles. The van der Waals surface area contributed by atoms with E-state index in [9.17, 15) is 9.18 Å². The van der Waals surface area contributed by atoms with Crippen molar-refractivity contribution in [3.8, 4) is 16.3 Å². The zero-order valence-electron chi connectivity index (χ0n) is 14.2. The van der Waals surface area contributed by atoms with Gasteiger partial charge in [0.1, 0.15) is 27.6 Å². The minimum absolute atomic E-state index is 0.0545. The van der Waals surface area contributed by atoms with Gasteiger partial charge in [0.15, 0.2) is 0 Å². The Hall–Kier alpha value is -2.73. The number of nitrogens with one attached hydrogen (secondary N) is 1. The zero-order valence-corrected chi connectivity index (χ0v) is 15.0. The van der Waals surface area contributed by atoms with Gasteiger partial charge in [-0.1, -0.05) is 18.2 Å². The molecule has 1 aliphatic rings. The third-order valence-corrected chi connectivity index (χ3v) is 5.50. The fourth-order valence-electron chi connectivity index (χ4n) is 2.98. The molecule has 1 unspecified atom stereocenters. The number of hydrogen-bond donors (Lipinski definition) is 1. The van der Waals surface area contributed by atoms with Crippen molar-refractivity contribution in [3.63, 3.8) is 0 Å². The molecule has 6 heteroatoms. The van der Waals surface area contributed by atoms with Crippen LogP contribution in [0.1, 0.15) is 20.9 Å². The summed E-state index contributed by atoms with van der Waals surface area (Å²) in [6.07, 6.45) is 0.736. The molecular formula is C20H17FN2O2S. The van der Waals surface area contributed by atoms with E-state index in [-0.39, 0.29) is 17.8 Å². The normalized spacial score (nSPS) is 15.4. The minimum atomic E-state index is -0.294. The van der Waals surface area contributed by atoms with Crippen LogP contribution in [0.4, 0.5) is 4.39 Å². The van der Waals surface area contributed by atoms with Crippen LogP contribution in [0, 0.1) is 12.7 Å². The van der Waals surface area contributed by atoms with Crippen LogP contribution in [0.15, 0.2) is 48.5 Å². The van der Waals surface area contributed by atoms with E-state index in [4.69, 9.17) is 4.74 Å². The van der Waals surface area contributed by atoms with Gasteiger partial charge < -0.3 is 10.1 Å². The fourth-order valence-corrected chi connectivity index (χ4v) is 3.97. The number of halogens is 1. The first-order valence-corrected chi connectivity index (χ1v) is 9.18. The fraction of sp³-hybridized carbons (Fsp3) is 0.200. The molecule has 4 rings (SSSR count). The smallest absolute Gasteiger partial charge is 0.263 e. The molecule has 132 valence electrons. The highest BCUT2D eigenvalue weighted by atomic mass is 32.1. The molecule has 0 saturated carbocycles. The van der Waals surface area contributed by atoms with Crippen molar-refractivity contribution >= 4 is 17.2 Å². The Morgan fingerprint density at radius 1 is 1.27 bits per heavy atom. The van der Waals surface area contributed by atoms with Gasteiger partial charge in [-0.25, -0.2) is 9.37 Å². The van der Waals surface area contributed by atoms with Crippen LogP contribution in [0.3, 0.4) is 0 Å². The highest BCUT2D eigenvalue weighted by Crippen LogP contribution is 2.29. The summed E-state index contributed by atoms with van der Waals surface area (Å²) in [6, 6.07) is 14.0. The molecule has 0 spiro atoms. The molecule has 0 radical (unpaired) electrons. The average Bonchev–Trinajstić information content (AvgIpc) is 3.23. The molecule has 4 nitrogen and oxygen atoms in total. The molecule has 3 aromatic rings. The number of benzene rings is 2. The average molecular weight is 368 g/mol. The Bertz CT molecular complexity index is 928. The van der Waals surface area contributed by atoms with E-state index in [0.29, 0.717) is 22.1 Å². The van der Waals surface area contributed by atoms with E-state index in [1.54, 1.807) is 19.1 Å². The monoisotopic (exact) mass is 368 g/mol. The predicted molar refractivity (Wildman–Crippen MR) is 99.1 cm³/mol. The maximum Gasteiger partial charge on any atom is 0.263 e. The van der Waals surface area contributed by atoms with Crippen LogP contribution < -0.4 is 10.1 Å². The summed E-state index contributed by atoms with van der Waals surface area (Å²) in [6.45, 7) is 2.25. The standard InChI is InChI=1S/C20H17FN2O2S/c1-12-18(26-20(23-12)13-6-8-15(21)9-7-13)19(24)22-11-16-10-14-4-2-3-5-17(14)25-16/h2-9,16H,10-11H2,1H3,(H,22,24). The van der Waals surface area contributed by atoms with Crippen LogP contribution in [-0.4, -0.2) is 23.5 Å². The van der Waals surface area contributed by atoms with Crippen LogP contribution in [0.5, 0.6) is 5.75 Å². The highest BCUT2D eigenvalue weighted by Gasteiger charge is 2.24. The molecule has 2 aromatic carbocycles. The van der Waals surface area contributed by atoms with Crippen molar-refractivity contribution < 1.29 is 13.9 Å². The second kappa shape index (κ2) is 6.88. The second-order valence-corrected chi connectivity index (χ2v) is 7.20. The van der Waals surface area contributed by atoms with Crippen LogP contribution in [0.2, 0.25) is 0 Å². The Balaban J connectivity index is 1.42. The van der Waals surface area contributed by atoms with Crippen molar-refractivity contribution in [1.82, 2.24) is 10.3 Å². The zero-order chi connectivity index (χ0) is 18.1. The predicted octanol–water partition coefficient (Wildman–Crippen LogP) is 3.99. The SMILES string of the molecule is Cc1nc(-c2ccc(F)cc2)sc1C(=O)NCC1Cc2ccccc2O1. The number of thiazole rings is 1. The minimum Gasteiger partial charge on any atom is -0.488 e. The van der Waals surface area contributed by atoms with Crippen LogP contribution >= 0.6 is 11.3 Å². The maximum atomic E-state index is 13.1. The van der Waals surface area contributed by atoms with Gasteiger partial charge in [0, 0.05) is 12.0 Å². The summed E-state index contributed by atoms with van der Waals surface area (Å²) < 4.78 is 18.9. The molecule has 0 aliphatic carbocycles. The summed E-state index contributed by atoms with van der Waals surface area (Å²) in [5.41, 5.74) is 2.63. The molecular weight excluding hydrogens is 351 g/mol. The number of hydrogen-bond acceptors (Lipinski definition) is 4. The number of carbonyl (C=O) groups is 1. The van der Waals surface area contributed by atoms with E-state index in [0.717, 1.165) is 17.7 Å². The van der Waals surface area contributed by atoms with Gasteiger partial charge in [-0.3, -0.25) is 4.79 Å². The molecule has 2 heterocycles. The third-order valence-electron chi connectivity index (χ3n) is 4.30. The number of para-hydroxylation sites is 1. The molecule has 26 heavy (non-hydrogen) atoms. The first kappa shape index (κ1) is 16.7. The first-order chi connectivity index (χ1) is 12.6. The highest BCUT2D eigenvalue weighted by molar-refractivity contribution is 7.17. The van der Waals surface area contributed by atoms with Gasteiger partial charge in [-0.05, 0) is 42.8 Å². The third kappa shape index (κ3) is 3.32. The van der Waals surface area contributed by atoms with Gasteiger partial charge in [0.2, 0.25) is 0 Å². The van der Waals surface area contributed by atoms with Crippen LogP contribution in [0.25, 0.3) is 10.6 Å². The maximum absolute atomic E-state index is 13.1. The van der Waals surface area contributed by atoms with E-state index in [1.165, 1.54) is 29.0 Å². The number of aryl methyl sites for hydroxylation is 1. The largest absolute Gasteiger partial charge is 0.488 e. The molecule has 1 N–H and O–H groups in total. The Morgan fingerprint density at radius 3 is 2.81 bits per heavy atom. The quantitative estimate of drug-likeness (QED) is 0.758. The lowest BCUT2D eigenvalue weighted by Crippen LogP contribution is -2.34. The van der Waals surface area contributed by atoms with Gasteiger partial charge in [0.05, 0.1) is 12.2 Å². The van der Waals surface area contributed by atoms with Crippen molar-refractivity contribution in [1.29, 1.82) is 0 Å². The first-order valence-electron chi connectivity index (χ1n) is 8.36. The number of fused-ring (bicyclic) bond motifs is 1. The van der Waals surface area contributed by atoms with Gasteiger partial charge >= 0.3 is 0 Å². The number of ether oxygens (including phenoxy) is 1. The van der Waals surface area contributed by atoms with E-state index in [1.807, 2.05) is 24.3 Å². The Labute approximate surface area is 154 Å². The number of carbonyl (C=O) groups excluding carboxylic acids is 1. The van der Waals surface area contributed by atoms with Crippen molar-refractivity contribution in [2.24, 2.45) is 0 Å². The van der Waals surface area contributed by atoms with Gasteiger partial charge in [-0.15, -0.1) is 11.3 Å². The Morgan fingerprint density at radius 2 is 2.04 bits per heavy atom. The topological polar surface area (TPSA) is 51.2 Å². The van der Waals surface area contributed by atoms with Crippen molar-refractivity contribution in [2.75, 3.05) is 6.54 Å². The van der Waals surface area contributed by atoms with Crippen molar-refractivity contribution in [2.45, 2.75) is 19.4 Å². The van der Waals surface area contributed by atoms with Crippen LogP contribution in [-0.2, 0) is 6.42 Å². The number of aromatic nitrogens is 1. The summed E-state index contributed by atoms with van der Waals surface area (Å²) in [7, 11) is 0. The van der Waals surface area contributed by atoms with E-state index < -0.39 is 0 Å². The Kier molecular flexibility index (Phi) is 4.42. The van der Waals surface area contributed by atoms with Gasteiger partial charge in [0.25, 0.3) is 5.91 Å². The second-order valence-electron chi connectivity index (χ2n) is 6.20. The summed E-state index contributed by atoms with van der Waals surface area (Å²) in [5, 5.41) is 3.64. The number of rotatable bonds is 4. The summed E-state index contributed by atoms with van der Waals surface area (Å²) in [5.74, 6) is 0.435. The lowest BCUT2D eigenvalue weighted by atomic mass is 10.1. The molecule has 0 fully saturated rings. The number of nitrogens with zero attached hydrogens (tertiary/aromatic N) is 1. The molecule has 0 saturated heterocycles. The lowest BCUT2D eigenvalue weighted by molar-refractivity contribution is 0.0937. The summed E-state index contributed by atoms with van der Waals surface area (Å²) in [4.78, 5) is 17.6. The molecule has 1 atom stereocenters. The van der Waals surface area contributed by atoms with Gasteiger partial charge in [-0.2, -0.15) is 0 Å². The van der Waals surface area contributed by atoms with Crippen molar-refractivity contribution in [3.05, 3.63) is 70.5 Å². The number of amides is 1. The molecule has 1 amide bonds. The lowest BCUT2D eigenvalue weighted by Gasteiger charge is -2.11.